The van der Waals surface area contributed by atoms with Gasteiger partial charge in [-0.2, -0.15) is 5.10 Å². The van der Waals surface area contributed by atoms with Crippen LogP contribution in [0.1, 0.15) is 46.0 Å². The summed E-state index contributed by atoms with van der Waals surface area (Å²) in [7, 11) is 0. The Morgan fingerprint density at radius 1 is 1.29 bits per heavy atom. The van der Waals surface area contributed by atoms with Crippen molar-refractivity contribution in [2.75, 3.05) is 6.54 Å². The number of unbranched alkanes of at least 4 members (excludes halogenated alkanes) is 4. The molecule has 0 spiro atoms. The van der Waals surface area contributed by atoms with Crippen molar-refractivity contribution in [2.24, 2.45) is 5.10 Å². The molecule has 0 atom stereocenters. The topological polar surface area (TPSA) is 61.7 Å². The monoisotopic (exact) mass is 200 g/mol. The van der Waals surface area contributed by atoms with Crippen LogP contribution in [0, 0.1) is 0 Å². The number of hydrazone groups is 1. The normalized spacial score (nSPS) is 11.4. The quantitative estimate of drug-likeness (QED) is 0.358. The van der Waals surface area contributed by atoms with E-state index in [2.05, 4.69) is 17.5 Å². The highest BCUT2D eigenvalue weighted by Crippen LogP contribution is 2.00. The Morgan fingerprint density at radius 2 is 1.93 bits per heavy atom. The summed E-state index contributed by atoms with van der Waals surface area (Å²) >= 11 is 0. The molecular weight excluding hydrogens is 180 g/mol. The van der Waals surface area contributed by atoms with Gasteiger partial charge in [-0.25, -0.2) is 4.79 Å². The number of carboxylic acids is 1. The van der Waals surface area contributed by atoms with E-state index in [1.165, 1.54) is 32.6 Å². The van der Waals surface area contributed by atoms with Crippen LogP contribution in [0.5, 0.6) is 0 Å². The number of nitrogens with one attached hydrogen (secondary N) is 1. The molecule has 0 aliphatic heterocycles. The maximum atomic E-state index is 10.3. The number of aliphatic carboxylic acids is 1. The van der Waals surface area contributed by atoms with Crippen molar-refractivity contribution in [1.82, 2.24) is 5.43 Å². The van der Waals surface area contributed by atoms with E-state index >= 15 is 0 Å². The van der Waals surface area contributed by atoms with Crippen LogP contribution in [0.3, 0.4) is 0 Å². The second-order valence-corrected chi connectivity index (χ2v) is 3.32. The predicted octanol–water partition coefficient (Wildman–Crippen LogP) is 2.01. The third kappa shape index (κ3) is 7.58. The Balaban J connectivity index is 3.29. The summed E-state index contributed by atoms with van der Waals surface area (Å²) in [6.07, 6.45) is 6.00. The molecule has 0 bridgehead atoms. The summed E-state index contributed by atoms with van der Waals surface area (Å²) in [5, 5.41) is 12.2. The van der Waals surface area contributed by atoms with Crippen LogP contribution in [-0.4, -0.2) is 23.3 Å². The van der Waals surface area contributed by atoms with E-state index in [0.29, 0.717) is 0 Å². The molecule has 0 unspecified atom stereocenters. The fraction of sp³-hybridized carbons (Fsp3) is 0.800. The van der Waals surface area contributed by atoms with Gasteiger partial charge in [0.1, 0.15) is 5.71 Å². The van der Waals surface area contributed by atoms with Crippen molar-refractivity contribution in [3.8, 4) is 0 Å². The van der Waals surface area contributed by atoms with Gasteiger partial charge in [-0.3, -0.25) is 0 Å². The van der Waals surface area contributed by atoms with E-state index in [1.807, 2.05) is 0 Å². The maximum absolute atomic E-state index is 10.3. The summed E-state index contributed by atoms with van der Waals surface area (Å²) in [5.41, 5.74) is 2.86. The summed E-state index contributed by atoms with van der Waals surface area (Å²) in [4.78, 5) is 10.3. The number of rotatable bonds is 8. The van der Waals surface area contributed by atoms with Crippen LogP contribution < -0.4 is 5.43 Å². The van der Waals surface area contributed by atoms with Crippen molar-refractivity contribution in [2.45, 2.75) is 46.0 Å². The van der Waals surface area contributed by atoms with Crippen LogP contribution in [0.2, 0.25) is 0 Å². The molecule has 82 valence electrons. The zero-order valence-electron chi connectivity index (χ0n) is 9.05. The number of carbonyl (C=O) groups is 1. The van der Waals surface area contributed by atoms with Crippen LogP contribution >= 0.6 is 0 Å². The molecule has 0 radical (unpaired) electrons. The zero-order valence-corrected chi connectivity index (χ0v) is 9.05. The number of nitrogens with zero attached hydrogens (tertiary/aromatic N) is 1. The Bertz CT molecular complexity index is 191. The average Bonchev–Trinajstić information content (AvgIpc) is 2.16. The van der Waals surface area contributed by atoms with Crippen LogP contribution in [-0.2, 0) is 4.79 Å². The first-order valence-corrected chi connectivity index (χ1v) is 5.19. The summed E-state index contributed by atoms with van der Waals surface area (Å²) in [5.74, 6) is -0.969. The van der Waals surface area contributed by atoms with Gasteiger partial charge in [-0.1, -0.05) is 32.6 Å². The molecule has 4 heteroatoms. The van der Waals surface area contributed by atoms with Gasteiger partial charge in [-0.05, 0) is 13.3 Å². The third-order valence-corrected chi connectivity index (χ3v) is 1.95. The van der Waals surface area contributed by atoms with Crippen molar-refractivity contribution in [3.05, 3.63) is 0 Å². The standard InChI is InChI=1S/C10H20N2O2/c1-3-4-5-6-7-8-11-12-9(2)10(13)14/h11H,3-8H2,1-2H3,(H,13,14)/b12-9-. The van der Waals surface area contributed by atoms with Crippen molar-refractivity contribution in [3.63, 3.8) is 0 Å². The fourth-order valence-corrected chi connectivity index (χ4v) is 1.03. The van der Waals surface area contributed by atoms with Crippen molar-refractivity contribution < 1.29 is 9.90 Å². The predicted molar refractivity (Wildman–Crippen MR) is 57.5 cm³/mol. The molecule has 0 amide bonds. The summed E-state index contributed by atoms with van der Waals surface area (Å²) in [6.45, 7) is 4.42. The van der Waals surface area contributed by atoms with Crippen LogP contribution in [0.15, 0.2) is 5.10 Å². The van der Waals surface area contributed by atoms with Gasteiger partial charge in [0.25, 0.3) is 0 Å². The first-order valence-electron chi connectivity index (χ1n) is 5.19. The maximum Gasteiger partial charge on any atom is 0.351 e. The molecule has 0 aromatic rings. The minimum Gasteiger partial charge on any atom is -0.477 e. The van der Waals surface area contributed by atoms with Gasteiger partial charge in [0, 0.05) is 6.54 Å². The van der Waals surface area contributed by atoms with Gasteiger partial charge in [0.05, 0.1) is 0 Å². The number of hydrogen-bond donors (Lipinski definition) is 2. The molecule has 0 heterocycles. The van der Waals surface area contributed by atoms with Gasteiger partial charge in [-0.15, -0.1) is 0 Å². The van der Waals surface area contributed by atoms with E-state index in [1.54, 1.807) is 0 Å². The molecule has 0 fully saturated rings. The smallest absolute Gasteiger partial charge is 0.351 e. The van der Waals surface area contributed by atoms with Gasteiger partial charge >= 0.3 is 5.97 Å². The second kappa shape index (κ2) is 8.53. The Morgan fingerprint density at radius 3 is 2.50 bits per heavy atom. The lowest BCUT2D eigenvalue weighted by molar-refractivity contribution is -0.129. The van der Waals surface area contributed by atoms with Gasteiger partial charge in [0.2, 0.25) is 0 Å². The van der Waals surface area contributed by atoms with Gasteiger partial charge in [0.15, 0.2) is 0 Å². The molecule has 0 saturated heterocycles. The lowest BCUT2D eigenvalue weighted by atomic mass is 10.2. The first-order chi connectivity index (χ1) is 6.68. The Labute approximate surface area is 85.4 Å². The minimum atomic E-state index is -0.969. The van der Waals surface area contributed by atoms with E-state index in [0.717, 1.165) is 13.0 Å². The highest BCUT2D eigenvalue weighted by Gasteiger charge is 1.99. The molecule has 0 aromatic carbocycles. The van der Waals surface area contributed by atoms with Crippen LogP contribution in [0.4, 0.5) is 0 Å². The van der Waals surface area contributed by atoms with Gasteiger partial charge < -0.3 is 10.5 Å². The summed E-state index contributed by atoms with van der Waals surface area (Å²) < 4.78 is 0. The molecule has 2 N–H and O–H groups in total. The summed E-state index contributed by atoms with van der Waals surface area (Å²) in [6, 6.07) is 0. The lowest BCUT2D eigenvalue weighted by Crippen LogP contribution is -2.16. The number of hydrogen-bond acceptors (Lipinski definition) is 3. The van der Waals surface area contributed by atoms with E-state index in [-0.39, 0.29) is 5.71 Å². The van der Waals surface area contributed by atoms with Crippen LogP contribution in [0.25, 0.3) is 0 Å². The highest BCUT2D eigenvalue weighted by molar-refractivity contribution is 6.34. The molecule has 0 aromatic heterocycles. The Kier molecular flexibility index (Phi) is 7.89. The van der Waals surface area contributed by atoms with E-state index in [4.69, 9.17) is 5.11 Å². The second-order valence-electron chi connectivity index (χ2n) is 3.32. The van der Waals surface area contributed by atoms with Crippen molar-refractivity contribution >= 4 is 11.7 Å². The molecule has 4 nitrogen and oxygen atoms in total. The fourth-order valence-electron chi connectivity index (χ4n) is 1.03. The molecule has 0 aliphatic rings. The van der Waals surface area contributed by atoms with Crippen molar-refractivity contribution in [1.29, 1.82) is 0 Å². The average molecular weight is 200 g/mol. The minimum absolute atomic E-state index is 0.110. The largest absolute Gasteiger partial charge is 0.477 e. The molecule has 0 aliphatic carbocycles. The van der Waals surface area contributed by atoms with E-state index < -0.39 is 5.97 Å². The Hall–Kier alpha value is -1.06. The zero-order chi connectivity index (χ0) is 10.8. The molecular formula is C10H20N2O2. The SMILES string of the molecule is CCCCCCCN/N=C(/C)C(=O)O. The third-order valence-electron chi connectivity index (χ3n) is 1.95. The molecule has 14 heavy (non-hydrogen) atoms. The number of carboxylic acid groups (broad SMARTS) is 1. The molecule has 0 rings (SSSR count). The van der Waals surface area contributed by atoms with E-state index in [9.17, 15) is 4.79 Å². The first kappa shape index (κ1) is 12.9. The molecule has 0 saturated carbocycles. The lowest BCUT2D eigenvalue weighted by Gasteiger charge is -2.00. The highest BCUT2D eigenvalue weighted by atomic mass is 16.4.